The van der Waals surface area contributed by atoms with Crippen molar-refractivity contribution in [2.45, 2.75) is 82.3 Å². The molecule has 1 saturated heterocycles. The lowest BCUT2D eigenvalue weighted by Gasteiger charge is -2.40. The molecule has 2 heterocycles. The van der Waals surface area contributed by atoms with Crippen LogP contribution in [-0.2, 0) is 0 Å². The van der Waals surface area contributed by atoms with Gasteiger partial charge in [0, 0.05) is 43.2 Å². The minimum Gasteiger partial charge on any atom is -0.360 e. The third kappa shape index (κ3) is 4.29. The van der Waals surface area contributed by atoms with Crippen LogP contribution in [0.1, 0.15) is 80.5 Å². The van der Waals surface area contributed by atoms with Crippen LogP contribution in [0.25, 0.3) is 0 Å². The van der Waals surface area contributed by atoms with Crippen molar-refractivity contribution in [2.24, 2.45) is 11.7 Å². The number of nitrogens with two attached hydrogens (primary N) is 1. The van der Waals surface area contributed by atoms with Crippen LogP contribution in [-0.4, -0.2) is 47.2 Å². The van der Waals surface area contributed by atoms with Gasteiger partial charge in [-0.2, -0.15) is 0 Å². The van der Waals surface area contributed by atoms with E-state index in [0.717, 1.165) is 43.9 Å². The van der Waals surface area contributed by atoms with E-state index in [9.17, 15) is 4.79 Å². The number of carbonyl (C=O) groups excluding carboxylic acids is 1. The zero-order valence-corrected chi connectivity index (χ0v) is 15.8. The van der Waals surface area contributed by atoms with Crippen LogP contribution in [0.4, 0.5) is 0 Å². The fourth-order valence-electron chi connectivity index (χ4n) is 4.54. The molecule has 1 aromatic heterocycles. The largest absolute Gasteiger partial charge is 0.360 e. The third-order valence-corrected chi connectivity index (χ3v) is 6.47. The highest BCUT2D eigenvalue weighted by Crippen LogP contribution is 2.40. The molecule has 0 spiro atoms. The predicted molar refractivity (Wildman–Crippen MR) is 99.9 cm³/mol. The summed E-state index contributed by atoms with van der Waals surface area (Å²) < 4.78 is 5.30. The maximum atomic E-state index is 12.4. The standard InChI is InChI=1S/C20H32N4O2/c1-13-10-17(8-9-24(13)12-14-2-6-16(21)7-3-14)22-20(25)18-11-19(26-23-18)15-4-5-15/h11,13-17H,2-10,12,21H2,1H3,(H,22,25)/t13-,14-,16-,17?/m1/s1. The van der Waals surface area contributed by atoms with Crippen molar-refractivity contribution in [1.82, 2.24) is 15.4 Å². The molecular weight excluding hydrogens is 328 g/mol. The van der Waals surface area contributed by atoms with Gasteiger partial charge in [0.15, 0.2) is 5.69 Å². The average molecular weight is 361 g/mol. The molecule has 2 saturated carbocycles. The molecule has 26 heavy (non-hydrogen) atoms. The van der Waals surface area contributed by atoms with Crippen LogP contribution in [0.3, 0.4) is 0 Å². The molecule has 0 radical (unpaired) electrons. The van der Waals surface area contributed by atoms with Gasteiger partial charge in [0.25, 0.3) is 5.91 Å². The summed E-state index contributed by atoms with van der Waals surface area (Å²) in [6, 6.07) is 2.97. The lowest BCUT2D eigenvalue weighted by Crippen LogP contribution is -2.50. The third-order valence-electron chi connectivity index (χ3n) is 6.47. The van der Waals surface area contributed by atoms with Gasteiger partial charge in [-0.1, -0.05) is 5.16 Å². The first-order valence-corrected chi connectivity index (χ1v) is 10.4. The topological polar surface area (TPSA) is 84.4 Å². The minimum atomic E-state index is -0.0902. The van der Waals surface area contributed by atoms with Gasteiger partial charge < -0.3 is 20.5 Å². The van der Waals surface area contributed by atoms with Crippen LogP contribution < -0.4 is 11.1 Å². The van der Waals surface area contributed by atoms with Gasteiger partial charge in [-0.3, -0.25) is 4.79 Å². The number of hydrogen-bond acceptors (Lipinski definition) is 5. The highest BCUT2D eigenvalue weighted by atomic mass is 16.5. The number of hydrogen-bond donors (Lipinski definition) is 2. The van der Waals surface area contributed by atoms with Crippen molar-refractivity contribution < 1.29 is 9.32 Å². The van der Waals surface area contributed by atoms with Crippen LogP contribution in [0.5, 0.6) is 0 Å². The Morgan fingerprint density at radius 3 is 2.73 bits per heavy atom. The molecule has 3 fully saturated rings. The fraction of sp³-hybridized carbons (Fsp3) is 0.800. The molecule has 0 aromatic carbocycles. The van der Waals surface area contributed by atoms with Crippen molar-refractivity contribution >= 4 is 5.91 Å². The molecule has 2 aliphatic carbocycles. The van der Waals surface area contributed by atoms with Crippen molar-refractivity contribution in [2.75, 3.05) is 13.1 Å². The molecule has 4 rings (SSSR count). The summed E-state index contributed by atoms with van der Waals surface area (Å²) >= 11 is 0. The van der Waals surface area contributed by atoms with Gasteiger partial charge in [0.2, 0.25) is 0 Å². The number of carbonyl (C=O) groups is 1. The van der Waals surface area contributed by atoms with Gasteiger partial charge in [0.05, 0.1) is 0 Å². The van der Waals surface area contributed by atoms with Crippen molar-refractivity contribution in [3.8, 4) is 0 Å². The number of nitrogens with one attached hydrogen (secondary N) is 1. The summed E-state index contributed by atoms with van der Waals surface area (Å²) in [6.45, 7) is 4.53. The highest BCUT2D eigenvalue weighted by Gasteiger charge is 2.31. The Balaban J connectivity index is 1.24. The van der Waals surface area contributed by atoms with E-state index in [1.54, 1.807) is 0 Å². The van der Waals surface area contributed by atoms with Crippen molar-refractivity contribution in [3.63, 3.8) is 0 Å². The molecule has 1 aromatic rings. The van der Waals surface area contributed by atoms with Gasteiger partial charge >= 0.3 is 0 Å². The van der Waals surface area contributed by atoms with Crippen LogP contribution in [0, 0.1) is 5.92 Å². The van der Waals surface area contributed by atoms with E-state index in [1.807, 2.05) is 6.07 Å². The Bertz CT molecular complexity index is 619. The minimum absolute atomic E-state index is 0.0902. The van der Waals surface area contributed by atoms with Gasteiger partial charge in [-0.25, -0.2) is 0 Å². The van der Waals surface area contributed by atoms with Gasteiger partial charge in [-0.05, 0) is 64.2 Å². The predicted octanol–water partition coefficient (Wildman–Crippen LogP) is 2.65. The molecule has 1 unspecified atom stereocenters. The number of rotatable bonds is 5. The van der Waals surface area contributed by atoms with Crippen LogP contribution in [0.15, 0.2) is 10.6 Å². The van der Waals surface area contributed by atoms with E-state index >= 15 is 0 Å². The summed E-state index contributed by atoms with van der Waals surface area (Å²) in [5.74, 6) is 2.05. The van der Waals surface area contributed by atoms with Crippen molar-refractivity contribution in [1.29, 1.82) is 0 Å². The Kier molecular flexibility index (Phi) is 5.32. The van der Waals surface area contributed by atoms with E-state index in [-0.39, 0.29) is 11.9 Å². The maximum absolute atomic E-state index is 12.4. The monoisotopic (exact) mass is 360 g/mol. The first kappa shape index (κ1) is 18.0. The molecule has 6 nitrogen and oxygen atoms in total. The SMILES string of the molecule is C[C@@H]1CC(NC(=O)c2cc(C3CC3)on2)CCN1C[C@H]1CC[C@H](N)CC1. The number of nitrogens with zero attached hydrogens (tertiary/aromatic N) is 2. The van der Waals surface area contributed by atoms with Crippen molar-refractivity contribution in [3.05, 3.63) is 17.5 Å². The zero-order chi connectivity index (χ0) is 18.1. The second kappa shape index (κ2) is 7.69. The van der Waals surface area contributed by atoms with E-state index in [4.69, 9.17) is 10.3 Å². The molecule has 144 valence electrons. The summed E-state index contributed by atoms with van der Waals surface area (Å²) in [7, 11) is 0. The second-order valence-electron chi connectivity index (χ2n) is 8.71. The highest BCUT2D eigenvalue weighted by molar-refractivity contribution is 5.92. The molecule has 1 amide bonds. The average Bonchev–Trinajstić information content (AvgIpc) is 3.36. The Hall–Kier alpha value is -1.40. The van der Waals surface area contributed by atoms with E-state index in [0.29, 0.717) is 23.7 Å². The molecule has 3 aliphatic rings. The molecule has 6 heteroatoms. The second-order valence-corrected chi connectivity index (χ2v) is 8.71. The molecule has 1 aliphatic heterocycles. The van der Waals surface area contributed by atoms with Crippen LogP contribution in [0.2, 0.25) is 0 Å². The lowest BCUT2D eigenvalue weighted by atomic mass is 9.85. The summed E-state index contributed by atoms with van der Waals surface area (Å²) in [5, 5.41) is 7.12. The smallest absolute Gasteiger partial charge is 0.273 e. The molecule has 3 N–H and O–H groups in total. The normalized spacial score (nSPS) is 33.2. The number of aromatic nitrogens is 1. The first-order chi connectivity index (χ1) is 12.6. The first-order valence-electron chi connectivity index (χ1n) is 10.4. The van der Waals surface area contributed by atoms with Gasteiger partial charge in [0.1, 0.15) is 5.76 Å². The Morgan fingerprint density at radius 1 is 1.27 bits per heavy atom. The Morgan fingerprint density at radius 2 is 2.04 bits per heavy atom. The van der Waals surface area contributed by atoms with E-state index in [1.165, 1.54) is 32.2 Å². The lowest BCUT2D eigenvalue weighted by molar-refractivity contribution is 0.0819. The zero-order valence-electron chi connectivity index (χ0n) is 15.8. The van der Waals surface area contributed by atoms with Crippen LogP contribution >= 0.6 is 0 Å². The summed E-state index contributed by atoms with van der Waals surface area (Å²) in [4.78, 5) is 15.0. The quantitative estimate of drug-likeness (QED) is 0.843. The van der Waals surface area contributed by atoms with Gasteiger partial charge in [-0.15, -0.1) is 0 Å². The molecular formula is C20H32N4O2. The fourth-order valence-corrected chi connectivity index (χ4v) is 4.54. The number of likely N-dealkylation sites (tertiary alicyclic amines) is 1. The Labute approximate surface area is 155 Å². The summed E-state index contributed by atoms with van der Waals surface area (Å²) in [5.41, 5.74) is 6.46. The van der Waals surface area contributed by atoms with E-state index in [2.05, 4.69) is 22.3 Å². The van der Waals surface area contributed by atoms with E-state index < -0.39 is 0 Å². The maximum Gasteiger partial charge on any atom is 0.273 e. The number of amides is 1. The number of piperidine rings is 1. The summed E-state index contributed by atoms with van der Waals surface area (Å²) in [6.07, 6.45) is 9.19. The molecule has 2 atom stereocenters. The molecule has 0 bridgehead atoms.